The summed E-state index contributed by atoms with van der Waals surface area (Å²) in [6, 6.07) is 15.3. The fourth-order valence-corrected chi connectivity index (χ4v) is 4.69. The molecule has 0 aliphatic carbocycles. The standard InChI is InChI=1S/C23H24ClN3O3/c1-26-18-9-4-3-8-17(18)20(19(21(25)28)22(26)29)27-12-10-23(30-2,11-13-27)15-6-5-7-16(24)14-15/h3-9,14H,10-13H2,1-2H3,(H2,25,28). The number of rotatable bonds is 4. The lowest BCUT2D eigenvalue weighted by atomic mass is 9.83. The average molecular weight is 426 g/mol. The zero-order valence-corrected chi connectivity index (χ0v) is 17.8. The first-order chi connectivity index (χ1) is 14.4. The van der Waals surface area contributed by atoms with Gasteiger partial charge in [0.15, 0.2) is 0 Å². The Bertz CT molecular complexity index is 1180. The highest BCUT2D eigenvalue weighted by atomic mass is 35.5. The number of fused-ring (bicyclic) bond motifs is 1. The highest BCUT2D eigenvalue weighted by molar-refractivity contribution is 6.30. The number of hydrogen-bond donors (Lipinski definition) is 1. The van der Waals surface area contributed by atoms with Gasteiger partial charge in [0.25, 0.3) is 11.5 Å². The molecule has 0 saturated carbocycles. The molecule has 0 spiro atoms. The number of nitrogens with zero attached hydrogens (tertiary/aromatic N) is 2. The van der Waals surface area contributed by atoms with Gasteiger partial charge in [0.2, 0.25) is 0 Å². The molecule has 2 N–H and O–H groups in total. The molecule has 1 fully saturated rings. The zero-order chi connectivity index (χ0) is 21.5. The molecular formula is C23H24ClN3O3. The van der Waals surface area contributed by atoms with Gasteiger partial charge in [0.1, 0.15) is 5.56 Å². The van der Waals surface area contributed by atoms with Crippen LogP contribution < -0.4 is 16.2 Å². The molecule has 6 nitrogen and oxygen atoms in total. The van der Waals surface area contributed by atoms with Crippen LogP contribution in [0.5, 0.6) is 0 Å². The maximum Gasteiger partial charge on any atom is 0.265 e. The molecule has 0 bridgehead atoms. The summed E-state index contributed by atoms with van der Waals surface area (Å²) in [5.74, 6) is -0.713. The summed E-state index contributed by atoms with van der Waals surface area (Å²) >= 11 is 6.21. The lowest BCUT2D eigenvalue weighted by molar-refractivity contribution is -0.0346. The van der Waals surface area contributed by atoms with Crippen LogP contribution in [0.1, 0.15) is 28.8 Å². The second-order valence-electron chi connectivity index (χ2n) is 7.66. The summed E-state index contributed by atoms with van der Waals surface area (Å²) in [7, 11) is 3.37. The number of carbonyl (C=O) groups is 1. The number of benzene rings is 2. The minimum absolute atomic E-state index is 0.0314. The Kier molecular flexibility index (Phi) is 5.30. The van der Waals surface area contributed by atoms with Crippen molar-refractivity contribution in [1.82, 2.24) is 4.57 Å². The van der Waals surface area contributed by atoms with Gasteiger partial charge >= 0.3 is 0 Å². The predicted molar refractivity (Wildman–Crippen MR) is 119 cm³/mol. The van der Waals surface area contributed by atoms with Crippen molar-refractivity contribution in [3.63, 3.8) is 0 Å². The number of amides is 1. The molecule has 30 heavy (non-hydrogen) atoms. The third-order valence-corrected chi connectivity index (χ3v) is 6.39. The molecule has 2 heterocycles. The third-order valence-electron chi connectivity index (χ3n) is 6.15. The minimum atomic E-state index is -0.713. The molecule has 2 aromatic carbocycles. The van der Waals surface area contributed by atoms with E-state index >= 15 is 0 Å². The van der Waals surface area contributed by atoms with Gasteiger partial charge in [-0.15, -0.1) is 0 Å². The van der Waals surface area contributed by atoms with Crippen molar-refractivity contribution in [2.75, 3.05) is 25.1 Å². The van der Waals surface area contributed by atoms with E-state index in [9.17, 15) is 9.59 Å². The summed E-state index contributed by atoms with van der Waals surface area (Å²) < 4.78 is 7.45. The maximum absolute atomic E-state index is 12.9. The van der Waals surface area contributed by atoms with Crippen LogP contribution >= 0.6 is 11.6 Å². The maximum atomic E-state index is 12.9. The Hall–Kier alpha value is -2.83. The van der Waals surface area contributed by atoms with Crippen molar-refractivity contribution in [2.24, 2.45) is 12.8 Å². The molecule has 4 rings (SSSR count). The number of methoxy groups -OCH3 is 1. The van der Waals surface area contributed by atoms with Crippen LogP contribution in [-0.4, -0.2) is 30.7 Å². The van der Waals surface area contributed by atoms with E-state index in [1.165, 1.54) is 4.57 Å². The van der Waals surface area contributed by atoms with Gasteiger partial charge in [-0.2, -0.15) is 0 Å². The zero-order valence-electron chi connectivity index (χ0n) is 17.0. The number of anilines is 1. The van der Waals surface area contributed by atoms with Crippen molar-refractivity contribution in [1.29, 1.82) is 0 Å². The highest BCUT2D eigenvalue weighted by Crippen LogP contribution is 2.40. The number of primary amides is 1. The third kappa shape index (κ3) is 3.26. The number of halogens is 1. The normalized spacial score (nSPS) is 16.0. The van der Waals surface area contributed by atoms with Crippen LogP contribution in [0.4, 0.5) is 5.69 Å². The number of hydrogen-bond acceptors (Lipinski definition) is 4. The fourth-order valence-electron chi connectivity index (χ4n) is 4.50. The Morgan fingerprint density at radius 1 is 1.13 bits per heavy atom. The average Bonchev–Trinajstić information content (AvgIpc) is 2.76. The van der Waals surface area contributed by atoms with Crippen LogP contribution in [0.15, 0.2) is 53.3 Å². The smallest absolute Gasteiger partial charge is 0.265 e. The van der Waals surface area contributed by atoms with Crippen LogP contribution in [0.3, 0.4) is 0 Å². The summed E-state index contributed by atoms with van der Waals surface area (Å²) in [5.41, 5.74) is 7.24. The molecule has 0 atom stereocenters. The first-order valence-electron chi connectivity index (χ1n) is 9.85. The van der Waals surface area contributed by atoms with E-state index in [-0.39, 0.29) is 11.1 Å². The Morgan fingerprint density at radius 3 is 2.47 bits per heavy atom. The molecule has 156 valence electrons. The van der Waals surface area contributed by atoms with E-state index in [0.29, 0.717) is 36.6 Å². The quantitative estimate of drug-likeness (QED) is 0.694. The molecule has 1 aromatic heterocycles. The van der Waals surface area contributed by atoms with Gasteiger partial charge in [-0.1, -0.05) is 41.9 Å². The molecule has 3 aromatic rings. The lowest BCUT2D eigenvalue weighted by Gasteiger charge is -2.42. The van der Waals surface area contributed by atoms with Crippen molar-refractivity contribution in [2.45, 2.75) is 18.4 Å². The summed E-state index contributed by atoms with van der Waals surface area (Å²) in [6.45, 7) is 1.22. The molecule has 1 aliphatic rings. The molecular weight excluding hydrogens is 402 g/mol. The van der Waals surface area contributed by atoms with Gasteiger partial charge < -0.3 is 19.9 Å². The Balaban J connectivity index is 1.78. The Morgan fingerprint density at radius 2 is 1.83 bits per heavy atom. The first-order valence-corrected chi connectivity index (χ1v) is 10.2. The molecule has 0 unspecified atom stereocenters. The van der Waals surface area contributed by atoms with Crippen LogP contribution in [0.25, 0.3) is 10.9 Å². The van der Waals surface area contributed by atoms with E-state index in [1.54, 1.807) is 14.2 Å². The minimum Gasteiger partial charge on any atom is -0.373 e. The fraction of sp³-hybridized carbons (Fsp3) is 0.304. The van der Waals surface area contributed by atoms with Gasteiger partial charge in [0.05, 0.1) is 16.8 Å². The SMILES string of the molecule is COC1(c2cccc(Cl)c2)CCN(c2c(C(N)=O)c(=O)n(C)c3ccccc23)CC1. The van der Waals surface area contributed by atoms with E-state index in [0.717, 1.165) is 16.5 Å². The van der Waals surface area contributed by atoms with Crippen LogP contribution in [0.2, 0.25) is 5.02 Å². The van der Waals surface area contributed by atoms with Gasteiger partial charge in [-0.25, -0.2) is 0 Å². The van der Waals surface area contributed by atoms with Gasteiger partial charge in [0, 0.05) is 37.7 Å². The molecule has 1 amide bonds. The van der Waals surface area contributed by atoms with E-state index < -0.39 is 11.5 Å². The Labute approximate surface area is 179 Å². The van der Waals surface area contributed by atoms with Crippen molar-refractivity contribution < 1.29 is 9.53 Å². The van der Waals surface area contributed by atoms with E-state index in [4.69, 9.17) is 22.1 Å². The van der Waals surface area contributed by atoms with Crippen molar-refractivity contribution in [3.8, 4) is 0 Å². The number of para-hydroxylation sites is 1. The number of ether oxygens (including phenoxy) is 1. The van der Waals surface area contributed by atoms with E-state index in [1.807, 2.05) is 48.5 Å². The molecule has 0 radical (unpaired) electrons. The molecule has 1 aliphatic heterocycles. The number of aromatic nitrogens is 1. The number of piperidine rings is 1. The van der Waals surface area contributed by atoms with Gasteiger partial charge in [-0.05, 0) is 36.6 Å². The van der Waals surface area contributed by atoms with Crippen molar-refractivity contribution in [3.05, 3.63) is 75.0 Å². The molecule has 1 saturated heterocycles. The van der Waals surface area contributed by atoms with Crippen molar-refractivity contribution >= 4 is 34.1 Å². The summed E-state index contributed by atoms with van der Waals surface area (Å²) in [4.78, 5) is 27.3. The number of aryl methyl sites for hydroxylation is 1. The second kappa shape index (κ2) is 7.78. The summed E-state index contributed by atoms with van der Waals surface area (Å²) in [6.07, 6.45) is 1.37. The van der Waals surface area contributed by atoms with Crippen LogP contribution in [-0.2, 0) is 17.4 Å². The highest BCUT2D eigenvalue weighted by Gasteiger charge is 2.38. The largest absolute Gasteiger partial charge is 0.373 e. The topological polar surface area (TPSA) is 77.6 Å². The predicted octanol–water partition coefficient (Wildman–Crippen LogP) is 3.43. The monoisotopic (exact) mass is 425 g/mol. The lowest BCUT2D eigenvalue weighted by Crippen LogP contribution is -2.45. The number of nitrogens with two attached hydrogens (primary N) is 1. The van der Waals surface area contributed by atoms with Gasteiger partial charge in [-0.3, -0.25) is 9.59 Å². The summed E-state index contributed by atoms with van der Waals surface area (Å²) in [5, 5.41) is 1.50. The second-order valence-corrected chi connectivity index (χ2v) is 8.10. The first kappa shape index (κ1) is 20.4. The van der Waals surface area contributed by atoms with Crippen LogP contribution in [0, 0.1) is 0 Å². The molecule has 7 heteroatoms. The number of pyridine rings is 1. The van der Waals surface area contributed by atoms with E-state index in [2.05, 4.69) is 4.90 Å². The number of carbonyl (C=O) groups excluding carboxylic acids is 1.